The smallest absolute Gasteiger partial charge is 0.328 e. The highest BCUT2D eigenvalue weighted by Crippen LogP contribution is 2.37. The number of aliphatic carboxylic acids is 1. The molecule has 1 aliphatic rings. The minimum atomic E-state index is -3.39. The normalized spacial score (nSPS) is 24.4. The molecule has 1 unspecified atom stereocenters. The molecule has 0 radical (unpaired) electrons. The fourth-order valence-corrected chi connectivity index (χ4v) is 4.14. The molecule has 0 saturated carbocycles. The highest BCUT2D eigenvalue weighted by molar-refractivity contribution is 7.91. The van der Waals surface area contributed by atoms with Gasteiger partial charge in [-0.05, 0) is 24.9 Å². The molecule has 0 saturated heterocycles. The number of hydrogen-bond acceptors (Lipinski definition) is 4. The number of carboxylic acids is 1. The summed E-state index contributed by atoms with van der Waals surface area (Å²) in [5.74, 6) is -0.904. The molecule has 1 aromatic rings. The third kappa shape index (κ3) is 2.45. The second-order valence-electron chi connectivity index (χ2n) is 5.55. The maximum atomic E-state index is 12.1. The summed E-state index contributed by atoms with van der Waals surface area (Å²) in [6, 6.07) is 6.37. The minimum absolute atomic E-state index is 0.0500. The summed E-state index contributed by atoms with van der Waals surface area (Å²) in [5.41, 5.74) is -0.967. The van der Waals surface area contributed by atoms with Crippen molar-refractivity contribution in [3.8, 4) is 0 Å². The van der Waals surface area contributed by atoms with Crippen molar-refractivity contribution in [3.05, 3.63) is 29.8 Å². The van der Waals surface area contributed by atoms with E-state index >= 15 is 0 Å². The molecule has 20 heavy (non-hydrogen) atoms. The Labute approximate surface area is 118 Å². The van der Waals surface area contributed by atoms with Crippen LogP contribution in [0, 0.1) is 5.92 Å². The van der Waals surface area contributed by atoms with E-state index in [1.54, 1.807) is 18.2 Å². The number of fused-ring (bicyclic) bond motifs is 1. The average Bonchev–Trinajstić information content (AvgIpc) is 2.38. The predicted octanol–water partition coefficient (Wildman–Crippen LogP) is 1.39. The molecule has 0 fully saturated rings. The van der Waals surface area contributed by atoms with Gasteiger partial charge in [0.1, 0.15) is 5.54 Å². The lowest BCUT2D eigenvalue weighted by Crippen LogP contribution is -2.54. The molecule has 2 rings (SSSR count). The van der Waals surface area contributed by atoms with E-state index in [0.717, 1.165) is 0 Å². The van der Waals surface area contributed by atoms with Crippen LogP contribution in [0.1, 0.15) is 25.8 Å². The highest BCUT2D eigenvalue weighted by atomic mass is 32.2. The first-order valence-corrected chi connectivity index (χ1v) is 8.25. The van der Waals surface area contributed by atoms with Crippen LogP contribution >= 0.6 is 0 Å². The molecule has 1 heterocycles. The lowest BCUT2D eigenvalue weighted by atomic mass is 9.86. The van der Waals surface area contributed by atoms with Crippen LogP contribution in [0.3, 0.4) is 0 Å². The Bertz CT molecular complexity index is 624. The first-order valence-electron chi connectivity index (χ1n) is 6.60. The van der Waals surface area contributed by atoms with Crippen molar-refractivity contribution >= 4 is 15.8 Å². The zero-order valence-electron chi connectivity index (χ0n) is 11.6. The molecule has 0 aromatic heterocycles. The first-order chi connectivity index (χ1) is 9.29. The SMILES string of the molecule is CC(C)CNC1(C(=O)O)CCS(=O)(=O)c2ccccc21. The Morgan fingerprint density at radius 3 is 2.65 bits per heavy atom. The van der Waals surface area contributed by atoms with E-state index in [-0.39, 0.29) is 23.0 Å². The fraction of sp³-hybridized carbons (Fsp3) is 0.500. The number of carboxylic acid groups (broad SMARTS) is 1. The quantitative estimate of drug-likeness (QED) is 0.877. The summed E-state index contributed by atoms with van der Waals surface area (Å²) >= 11 is 0. The molecule has 2 N–H and O–H groups in total. The van der Waals surface area contributed by atoms with E-state index in [2.05, 4.69) is 5.32 Å². The van der Waals surface area contributed by atoms with Gasteiger partial charge < -0.3 is 5.11 Å². The third-order valence-corrected chi connectivity index (χ3v) is 5.37. The summed E-state index contributed by atoms with van der Waals surface area (Å²) in [6.07, 6.45) is 0.0500. The Morgan fingerprint density at radius 2 is 2.05 bits per heavy atom. The monoisotopic (exact) mass is 297 g/mol. The van der Waals surface area contributed by atoms with Gasteiger partial charge >= 0.3 is 5.97 Å². The van der Waals surface area contributed by atoms with Crippen molar-refractivity contribution in [2.75, 3.05) is 12.3 Å². The Hall–Kier alpha value is -1.40. The maximum Gasteiger partial charge on any atom is 0.328 e. The van der Waals surface area contributed by atoms with Crippen LogP contribution in [0.25, 0.3) is 0 Å². The van der Waals surface area contributed by atoms with E-state index < -0.39 is 21.3 Å². The maximum absolute atomic E-state index is 12.1. The molecule has 0 aliphatic carbocycles. The standard InChI is InChI=1S/C14H19NO4S/c1-10(2)9-15-14(13(16)17)7-8-20(18,19)12-6-4-3-5-11(12)14/h3-6,10,15H,7-9H2,1-2H3,(H,16,17). The van der Waals surface area contributed by atoms with Crippen molar-refractivity contribution < 1.29 is 18.3 Å². The van der Waals surface area contributed by atoms with E-state index in [9.17, 15) is 18.3 Å². The van der Waals surface area contributed by atoms with Crippen LogP contribution in [0.5, 0.6) is 0 Å². The van der Waals surface area contributed by atoms with Crippen molar-refractivity contribution in [3.63, 3.8) is 0 Å². The molecule has 110 valence electrons. The number of sulfone groups is 1. The lowest BCUT2D eigenvalue weighted by Gasteiger charge is -2.36. The molecule has 6 heteroatoms. The highest BCUT2D eigenvalue weighted by Gasteiger charge is 2.47. The van der Waals surface area contributed by atoms with Crippen LogP contribution in [-0.2, 0) is 20.2 Å². The predicted molar refractivity (Wildman–Crippen MR) is 75.3 cm³/mol. The third-order valence-electron chi connectivity index (χ3n) is 3.60. The Balaban J connectivity index is 2.57. The summed E-state index contributed by atoms with van der Waals surface area (Å²) in [6.45, 7) is 4.47. The van der Waals surface area contributed by atoms with Gasteiger partial charge in [-0.25, -0.2) is 13.2 Å². The molecule has 1 atom stereocenters. The largest absolute Gasteiger partial charge is 0.480 e. The van der Waals surface area contributed by atoms with E-state index in [1.807, 2.05) is 13.8 Å². The van der Waals surface area contributed by atoms with Gasteiger partial charge in [-0.2, -0.15) is 0 Å². The van der Waals surface area contributed by atoms with Crippen LogP contribution in [0.4, 0.5) is 0 Å². The number of carbonyl (C=O) groups is 1. The summed E-state index contributed by atoms with van der Waals surface area (Å²) < 4.78 is 24.2. The molecule has 0 bridgehead atoms. The van der Waals surface area contributed by atoms with Crippen LogP contribution in [-0.4, -0.2) is 31.8 Å². The molecular weight excluding hydrogens is 278 g/mol. The zero-order chi connectivity index (χ0) is 15.0. The Kier molecular flexibility index (Phi) is 3.88. The second kappa shape index (κ2) is 5.18. The van der Waals surface area contributed by atoms with Gasteiger partial charge in [0.05, 0.1) is 10.6 Å². The van der Waals surface area contributed by atoms with Gasteiger partial charge in [0.2, 0.25) is 0 Å². The van der Waals surface area contributed by atoms with Crippen molar-refractivity contribution in [2.45, 2.75) is 30.7 Å². The second-order valence-corrected chi connectivity index (χ2v) is 7.63. The zero-order valence-corrected chi connectivity index (χ0v) is 12.4. The minimum Gasteiger partial charge on any atom is -0.480 e. The Morgan fingerprint density at radius 1 is 1.40 bits per heavy atom. The number of nitrogens with one attached hydrogen (secondary N) is 1. The number of benzene rings is 1. The van der Waals surface area contributed by atoms with Crippen LogP contribution in [0.2, 0.25) is 0 Å². The molecule has 1 aliphatic heterocycles. The molecule has 1 aromatic carbocycles. The van der Waals surface area contributed by atoms with Gasteiger partial charge in [0.15, 0.2) is 9.84 Å². The van der Waals surface area contributed by atoms with Gasteiger partial charge in [0, 0.05) is 5.56 Å². The van der Waals surface area contributed by atoms with Crippen molar-refractivity contribution in [1.29, 1.82) is 0 Å². The fourth-order valence-electron chi connectivity index (χ4n) is 2.48. The first kappa shape index (κ1) is 15.0. The summed E-state index contributed by atoms with van der Waals surface area (Å²) in [5, 5.41) is 12.7. The molecule has 0 amide bonds. The van der Waals surface area contributed by atoms with Crippen LogP contribution < -0.4 is 5.32 Å². The van der Waals surface area contributed by atoms with E-state index in [0.29, 0.717) is 12.1 Å². The number of hydrogen-bond donors (Lipinski definition) is 2. The van der Waals surface area contributed by atoms with E-state index in [1.165, 1.54) is 6.07 Å². The lowest BCUT2D eigenvalue weighted by molar-refractivity contribution is -0.145. The topological polar surface area (TPSA) is 83.5 Å². The summed E-state index contributed by atoms with van der Waals surface area (Å²) in [4.78, 5) is 11.9. The summed E-state index contributed by atoms with van der Waals surface area (Å²) in [7, 11) is -3.39. The van der Waals surface area contributed by atoms with Crippen LogP contribution in [0.15, 0.2) is 29.2 Å². The van der Waals surface area contributed by atoms with Gasteiger partial charge in [-0.1, -0.05) is 32.0 Å². The molecule has 5 nitrogen and oxygen atoms in total. The van der Waals surface area contributed by atoms with Gasteiger partial charge in [-0.15, -0.1) is 0 Å². The van der Waals surface area contributed by atoms with Gasteiger partial charge in [-0.3, -0.25) is 5.32 Å². The number of rotatable bonds is 4. The average molecular weight is 297 g/mol. The molecular formula is C14H19NO4S. The van der Waals surface area contributed by atoms with Gasteiger partial charge in [0.25, 0.3) is 0 Å². The molecule has 0 spiro atoms. The van der Waals surface area contributed by atoms with E-state index in [4.69, 9.17) is 0 Å². The van der Waals surface area contributed by atoms with Crippen molar-refractivity contribution in [2.24, 2.45) is 5.92 Å². The van der Waals surface area contributed by atoms with Crippen molar-refractivity contribution in [1.82, 2.24) is 5.32 Å².